The molecule has 1 fully saturated rings. The molecule has 0 amide bonds. The van der Waals surface area contributed by atoms with Gasteiger partial charge in [-0.25, -0.2) is 4.79 Å². The zero-order chi connectivity index (χ0) is 13.1. The van der Waals surface area contributed by atoms with E-state index in [1.165, 1.54) is 6.20 Å². The minimum absolute atomic E-state index is 0.0846. The van der Waals surface area contributed by atoms with E-state index in [0.29, 0.717) is 18.8 Å². The molecule has 1 aromatic rings. The molecule has 1 aliphatic rings. The van der Waals surface area contributed by atoms with Crippen LogP contribution in [0.1, 0.15) is 10.4 Å². The van der Waals surface area contributed by atoms with Crippen molar-refractivity contribution in [1.29, 1.82) is 0 Å². The van der Waals surface area contributed by atoms with Crippen molar-refractivity contribution in [3.05, 3.63) is 27.9 Å². The fourth-order valence-electron chi connectivity index (χ4n) is 1.87. The van der Waals surface area contributed by atoms with Gasteiger partial charge < -0.3 is 25.4 Å². The largest absolute Gasteiger partial charge is 0.478 e. The molecule has 1 aliphatic heterocycles. The number of piperazine rings is 1. The molecular formula is C10H12N4O4. The van der Waals surface area contributed by atoms with Gasteiger partial charge >= 0.3 is 11.8 Å². The fraction of sp³-hybridized carbons (Fsp3) is 0.400. The second-order valence-corrected chi connectivity index (χ2v) is 3.86. The Hall–Kier alpha value is -2.22. The highest BCUT2D eigenvalue weighted by molar-refractivity contribution is 5.94. The van der Waals surface area contributed by atoms with Crippen LogP contribution in [0.3, 0.4) is 0 Å². The molecule has 1 aromatic heterocycles. The molecule has 8 nitrogen and oxygen atoms in total. The van der Waals surface area contributed by atoms with Gasteiger partial charge in [0.05, 0.1) is 17.3 Å². The molecule has 0 spiro atoms. The van der Waals surface area contributed by atoms with Gasteiger partial charge in [0, 0.05) is 26.2 Å². The maximum atomic E-state index is 11.1. The first kappa shape index (κ1) is 12.2. The molecule has 8 heteroatoms. The van der Waals surface area contributed by atoms with Gasteiger partial charge in [-0.05, 0) is 9.91 Å². The molecule has 0 aromatic carbocycles. The second-order valence-electron chi connectivity index (χ2n) is 3.86. The van der Waals surface area contributed by atoms with Gasteiger partial charge in [0.1, 0.15) is 0 Å². The molecule has 0 atom stereocenters. The molecule has 2 rings (SSSR count). The Kier molecular flexibility index (Phi) is 3.38. The van der Waals surface area contributed by atoms with Crippen molar-refractivity contribution in [2.24, 2.45) is 0 Å². The first-order valence-corrected chi connectivity index (χ1v) is 5.43. The highest BCUT2D eigenvalue weighted by Gasteiger charge is 2.23. The summed E-state index contributed by atoms with van der Waals surface area (Å²) in [6.45, 7) is 2.80. The highest BCUT2D eigenvalue weighted by Crippen LogP contribution is 2.23. The zero-order valence-electron chi connectivity index (χ0n) is 9.50. The summed E-state index contributed by atoms with van der Waals surface area (Å²) in [4.78, 5) is 26.6. The van der Waals surface area contributed by atoms with Crippen LogP contribution in [-0.2, 0) is 0 Å². The fourth-order valence-corrected chi connectivity index (χ4v) is 1.87. The molecule has 1 saturated heterocycles. The van der Waals surface area contributed by atoms with E-state index in [1.807, 2.05) is 4.90 Å². The predicted octanol–water partition coefficient (Wildman–Crippen LogP) is 0.0976. The van der Waals surface area contributed by atoms with Crippen LogP contribution in [0.2, 0.25) is 0 Å². The van der Waals surface area contributed by atoms with E-state index in [1.54, 1.807) is 0 Å². The van der Waals surface area contributed by atoms with Crippen LogP contribution in [0.4, 0.5) is 11.5 Å². The summed E-state index contributed by atoms with van der Waals surface area (Å²) in [5, 5.41) is 22.8. The van der Waals surface area contributed by atoms with E-state index in [2.05, 4.69) is 10.3 Å². The number of hydrogen-bond acceptors (Lipinski definition) is 6. The number of rotatable bonds is 3. The van der Waals surface area contributed by atoms with E-state index in [-0.39, 0.29) is 5.56 Å². The number of anilines is 1. The lowest BCUT2D eigenvalue weighted by Crippen LogP contribution is -2.44. The molecule has 0 aliphatic carbocycles. The number of aromatic nitrogens is 1. The lowest BCUT2D eigenvalue weighted by Gasteiger charge is -2.29. The molecule has 0 bridgehead atoms. The normalized spacial score (nSPS) is 15.4. The van der Waals surface area contributed by atoms with Crippen LogP contribution in [0.25, 0.3) is 0 Å². The number of nitro groups is 1. The Balaban J connectivity index is 2.39. The smallest absolute Gasteiger partial charge is 0.364 e. The lowest BCUT2D eigenvalue weighted by molar-refractivity contribution is -0.389. The van der Waals surface area contributed by atoms with Gasteiger partial charge in [0.25, 0.3) is 0 Å². The van der Waals surface area contributed by atoms with E-state index >= 15 is 0 Å². The van der Waals surface area contributed by atoms with Gasteiger partial charge in [0.2, 0.25) is 0 Å². The molecule has 96 valence electrons. The number of pyridine rings is 1. The molecule has 18 heavy (non-hydrogen) atoms. The first-order chi connectivity index (χ1) is 8.59. The summed E-state index contributed by atoms with van der Waals surface area (Å²) in [5.41, 5.74) is 0.341. The van der Waals surface area contributed by atoms with E-state index in [4.69, 9.17) is 5.11 Å². The number of nitrogens with zero attached hydrogens (tertiary/aromatic N) is 3. The summed E-state index contributed by atoms with van der Waals surface area (Å²) < 4.78 is 0. The first-order valence-electron chi connectivity index (χ1n) is 5.43. The molecule has 0 saturated carbocycles. The number of hydrogen-bond donors (Lipinski definition) is 2. The van der Waals surface area contributed by atoms with Crippen molar-refractivity contribution in [3.63, 3.8) is 0 Å². The topological polar surface area (TPSA) is 109 Å². The third kappa shape index (κ3) is 2.38. The third-order valence-corrected chi connectivity index (χ3v) is 2.74. The number of carboxylic acids is 1. The molecule has 0 radical (unpaired) electrons. The van der Waals surface area contributed by atoms with Gasteiger partial charge in [-0.2, -0.15) is 0 Å². The summed E-state index contributed by atoms with van der Waals surface area (Å²) in [5.74, 6) is -1.64. The number of carbonyl (C=O) groups is 1. The Morgan fingerprint density at radius 3 is 2.72 bits per heavy atom. The third-order valence-electron chi connectivity index (χ3n) is 2.74. The number of aromatic carboxylic acids is 1. The van der Waals surface area contributed by atoms with Crippen LogP contribution < -0.4 is 10.2 Å². The Labute approximate surface area is 102 Å². The van der Waals surface area contributed by atoms with Gasteiger partial charge in [-0.15, -0.1) is 0 Å². The van der Waals surface area contributed by atoms with Crippen molar-refractivity contribution in [3.8, 4) is 0 Å². The average molecular weight is 252 g/mol. The Morgan fingerprint density at radius 1 is 1.50 bits per heavy atom. The van der Waals surface area contributed by atoms with E-state index < -0.39 is 16.7 Å². The van der Waals surface area contributed by atoms with Crippen molar-refractivity contribution < 1.29 is 14.8 Å². The maximum absolute atomic E-state index is 11.1. The highest BCUT2D eigenvalue weighted by atomic mass is 16.6. The van der Waals surface area contributed by atoms with E-state index in [9.17, 15) is 14.9 Å². The van der Waals surface area contributed by atoms with E-state index in [0.717, 1.165) is 19.2 Å². The Morgan fingerprint density at radius 2 is 2.17 bits per heavy atom. The second kappa shape index (κ2) is 4.96. The van der Waals surface area contributed by atoms with Gasteiger partial charge in [-0.3, -0.25) is 0 Å². The van der Waals surface area contributed by atoms with Crippen LogP contribution >= 0.6 is 0 Å². The quantitative estimate of drug-likeness (QED) is 0.580. The standard InChI is InChI=1S/C10H12N4O4/c15-10(16)7-5-9(14(17)18)12-6-8(7)13-3-1-11-2-4-13/h5-6,11H,1-4H2,(H,15,16). The minimum Gasteiger partial charge on any atom is -0.478 e. The molecule has 2 heterocycles. The monoisotopic (exact) mass is 252 g/mol. The number of nitrogens with one attached hydrogen (secondary N) is 1. The summed E-state index contributed by atoms with van der Waals surface area (Å²) >= 11 is 0. The lowest BCUT2D eigenvalue weighted by atomic mass is 10.2. The van der Waals surface area contributed by atoms with Crippen LogP contribution in [-0.4, -0.2) is 47.2 Å². The summed E-state index contributed by atoms with van der Waals surface area (Å²) in [7, 11) is 0. The summed E-state index contributed by atoms with van der Waals surface area (Å²) in [6.07, 6.45) is 1.26. The predicted molar refractivity (Wildman–Crippen MR) is 62.9 cm³/mol. The van der Waals surface area contributed by atoms with Crippen molar-refractivity contribution in [1.82, 2.24) is 10.3 Å². The van der Waals surface area contributed by atoms with Crippen molar-refractivity contribution in [2.45, 2.75) is 0 Å². The van der Waals surface area contributed by atoms with Crippen molar-refractivity contribution in [2.75, 3.05) is 31.1 Å². The minimum atomic E-state index is -1.19. The van der Waals surface area contributed by atoms with Gasteiger partial charge in [-0.1, -0.05) is 0 Å². The zero-order valence-corrected chi connectivity index (χ0v) is 9.50. The van der Waals surface area contributed by atoms with Crippen molar-refractivity contribution >= 4 is 17.5 Å². The van der Waals surface area contributed by atoms with Crippen LogP contribution in [0.5, 0.6) is 0 Å². The van der Waals surface area contributed by atoms with Crippen LogP contribution in [0, 0.1) is 10.1 Å². The van der Waals surface area contributed by atoms with Gasteiger partial charge in [0.15, 0.2) is 6.20 Å². The Bertz CT molecular complexity index is 485. The average Bonchev–Trinajstić information content (AvgIpc) is 2.39. The maximum Gasteiger partial charge on any atom is 0.364 e. The summed E-state index contributed by atoms with van der Waals surface area (Å²) in [6, 6.07) is 1.000. The molecule has 0 unspecified atom stereocenters. The van der Waals surface area contributed by atoms with Crippen LogP contribution in [0.15, 0.2) is 12.3 Å². The SMILES string of the molecule is O=C(O)c1cc([N+](=O)[O-])ncc1N1CCNCC1. The molecular weight excluding hydrogens is 240 g/mol. The molecule has 2 N–H and O–H groups in total. The number of carboxylic acid groups (broad SMARTS) is 1.